The maximum absolute atomic E-state index is 15.2. The van der Waals surface area contributed by atoms with E-state index >= 15 is 4.39 Å². The maximum Gasteiger partial charge on any atom is 0.359 e. The predicted molar refractivity (Wildman–Crippen MR) is 151 cm³/mol. The number of pyridine rings is 1. The van der Waals surface area contributed by atoms with Gasteiger partial charge < -0.3 is 5.32 Å². The summed E-state index contributed by atoms with van der Waals surface area (Å²) in [5.41, 5.74) is 1.32. The van der Waals surface area contributed by atoms with Crippen LogP contribution >= 0.6 is 11.6 Å². The second-order valence-electron chi connectivity index (χ2n) is 9.48. The maximum atomic E-state index is 15.2. The van der Waals surface area contributed by atoms with Crippen molar-refractivity contribution in [2.75, 3.05) is 16.8 Å². The Balaban J connectivity index is 1.61. The molecule has 1 aliphatic heterocycles. The molecule has 1 N–H and O–H groups in total. The zero-order chi connectivity index (χ0) is 27.7. The Bertz CT molecular complexity index is 1820. The molecule has 0 aliphatic carbocycles. The van der Waals surface area contributed by atoms with Crippen molar-refractivity contribution < 1.29 is 8.60 Å². The van der Waals surface area contributed by atoms with Crippen LogP contribution in [0, 0.1) is 19.7 Å². The van der Waals surface area contributed by atoms with E-state index < -0.39 is 26.9 Å². The first-order valence-electron chi connectivity index (χ1n) is 12.3. The van der Waals surface area contributed by atoms with Crippen LogP contribution in [0.25, 0.3) is 5.69 Å². The van der Waals surface area contributed by atoms with Gasteiger partial charge >= 0.3 is 11.4 Å². The number of hydrogen-bond acceptors (Lipinski definition) is 7. The second-order valence-corrected chi connectivity index (χ2v) is 12.5. The molecule has 39 heavy (non-hydrogen) atoms. The molecule has 4 aromatic rings. The minimum Gasteiger partial charge on any atom is -0.323 e. The van der Waals surface area contributed by atoms with Gasteiger partial charge in [0.15, 0.2) is 0 Å². The summed E-state index contributed by atoms with van der Waals surface area (Å²) in [5, 5.41) is 3.28. The zero-order valence-electron chi connectivity index (χ0n) is 21.4. The van der Waals surface area contributed by atoms with E-state index in [-0.39, 0.29) is 29.6 Å². The molecule has 0 unspecified atom stereocenters. The molecule has 9 nitrogen and oxygen atoms in total. The number of rotatable bonds is 6. The third kappa shape index (κ3) is 5.79. The number of anilines is 2. The summed E-state index contributed by atoms with van der Waals surface area (Å²) in [7, 11) is -2.37. The fourth-order valence-corrected chi connectivity index (χ4v) is 6.81. The minimum absolute atomic E-state index is 0.0111. The molecule has 12 heteroatoms. The van der Waals surface area contributed by atoms with E-state index in [0.717, 1.165) is 34.1 Å². The van der Waals surface area contributed by atoms with Gasteiger partial charge in [-0.3, -0.25) is 9.55 Å². The number of benzene rings is 2. The lowest BCUT2D eigenvalue weighted by Gasteiger charge is -2.17. The van der Waals surface area contributed by atoms with Crippen LogP contribution in [0.4, 0.5) is 21.7 Å². The summed E-state index contributed by atoms with van der Waals surface area (Å²) in [4.78, 5) is 35.0. The molecule has 0 amide bonds. The highest BCUT2D eigenvalue weighted by Crippen LogP contribution is 2.27. The molecule has 0 bridgehead atoms. The summed E-state index contributed by atoms with van der Waals surface area (Å²) in [6.07, 6.45) is 4.68. The van der Waals surface area contributed by atoms with Gasteiger partial charge in [0.05, 0.1) is 39.5 Å². The molecule has 0 saturated carbocycles. The standard InChI is InChI=1S/C27H26ClFN6O3S/c1-17-11-22(15-30-14-17)35-26(36)32-25(34(27(35)37)16-19-12-20(28)6-5-18(19)2)31-24-8-7-21(13-23(24)29)33-39(38)9-3-4-10-39/h5-8,11-15H,3-4,9-10,16H2,1-2H3,(H,31,32,36). The van der Waals surface area contributed by atoms with E-state index in [1.807, 2.05) is 13.0 Å². The Morgan fingerprint density at radius 1 is 1.08 bits per heavy atom. The third-order valence-electron chi connectivity index (χ3n) is 6.48. The molecule has 3 heterocycles. The lowest BCUT2D eigenvalue weighted by molar-refractivity contribution is 0.627. The number of halogens is 2. The van der Waals surface area contributed by atoms with Gasteiger partial charge in [0.25, 0.3) is 0 Å². The Morgan fingerprint density at radius 2 is 1.85 bits per heavy atom. The van der Waals surface area contributed by atoms with E-state index in [1.165, 1.54) is 22.9 Å². The monoisotopic (exact) mass is 568 g/mol. The lowest BCUT2D eigenvalue weighted by atomic mass is 10.1. The molecule has 2 aromatic heterocycles. The number of aryl methyl sites for hydroxylation is 2. The SMILES string of the molecule is Cc1cncc(-n2c(=O)nc(Nc3ccc(N=S4(=O)CCCC4)cc3F)n(Cc3cc(Cl)ccc3C)c2=O)c1. The quantitative estimate of drug-likeness (QED) is 0.355. The summed E-state index contributed by atoms with van der Waals surface area (Å²) in [6, 6.07) is 11.1. The molecule has 0 atom stereocenters. The van der Waals surface area contributed by atoms with E-state index in [9.17, 15) is 13.8 Å². The Labute approximate surface area is 229 Å². The fraction of sp³-hybridized carbons (Fsp3) is 0.259. The highest BCUT2D eigenvalue weighted by molar-refractivity contribution is 7.93. The molecule has 1 saturated heterocycles. The van der Waals surface area contributed by atoms with Crippen LogP contribution in [-0.2, 0) is 16.3 Å². The first-order valence-corrected chi connectivity index (χ1v) is 14.5. The van der Waals surface area contributed by atoms with Crippen LogP contribution in [0.3, 0.4) is 0 Å². The Kier molecular flexibility index (Phi) is 7.37. The Morgan fingerprint density at radius 3 is 2.56 bits per heavy atom. The van der Waals surface area contributed by atoms with Crippen LogP contribution in [0.5, 0.6) is 0 Å². The minimum atomic E-state index is -2.37. The van der Waals surface area contributed by atoms with Crippen molar-refractivity contribution in [3.8, 4) is 5.69 Å². The average Bonchev–Trinajstić information content (AvgIpc) is 3.31. The molecule has 5 rings (SSSR count). The van der Waals surface area contributed by atoms with Crippen LogP contribution in [0.2, 0.25) is 5.02 Å². The van der Waals surface area contributed by atoms with Crippen molar-refractivity contribution in [1.29, 1.82) is 0 Å². The van der Waals surface area contributed by atoms with Crippen molar-refractivity contribution >= 4 is 38.7 Å². The van der Waals surface area contributed by atoms with Crippen LogP contribution in [0.1, 0.15) is 29.5 Å². The van der Waals surface area contributed by atoms with Gasteiger partial charge in [-0.2, -0.15) is 9.35 Å². The van der Waals surface area contributed by atoms with Gasteiger partial charge in [-0.15, -0.1) is 0 Å². The molecular formula is C27H26ClFN6O3S. The van der Waals surface area contributed by atoms with Gasteiger partial charge in [-0.25, -0.2) is 22.8 Å². The molecule has 202 valence electrons. The van der Waals surface area contributed by atoms with E-state index in [4.69, 9.17) is 11.6 Å². The number of aromatic nitrogens is 4. The van der Waals surface area contributed by atoms with Crippen LogP contribution in [-0.4, -0.2) is 34.8 Å². The van der Waals surface area contributed by atoms with Crippen molar-refractivity contribution in [2.45, 2.75) is 33.2 Å². The molecule has 0 radical (unpaired) electrons. The van der Waals surface area contributed by atoms with E-state index in [0.29, 0.717) is 16.5 Å². The van der Waals surface area contributed by atoms with Crippen molar-refractivity contribution in [1.82, 2.24) is 19.1 Å². The van der Waals surface area contributed by atoms with E-state index in [2.05, 4.69) is 19.6 Å². The topological polar surface area (TPSA) is 111 Å². The summed E-state index contributed by atoms with van der Waals surface area (Å²) in [5.74, 6) is 0.164. The number of hydrogen-bond donors (Lipinski definition) is 1. The van der Waals surface area contributed by atoms with Crippen molar-refractivity contribution in [2.24, 2.45) is 4.36 Å². The van der Waals surface area contributed by atoms with Gasteiger partial charge in [0.2, 0.25) is 5.95 Å². The van der Waals surface area contributed by atoms with Gasteiger partial charge in [-0.1, -0.05) is 17.7 Å². The first kappa shape index (κ1) is 26.8. The first-order chi connectivity index (χ1) is 18.6. The average molecular weight is 569 g/mol. The van der Waals surface area contributed by atoms with Gasteiger partial charge in [0.1, 0.15) is 5.82 Å². The second kappa shape index (κ2) is 10.7. The van der Waals surface area contributed by atoms with E-state index in [1.54, 1.807) is 37.4 Å². The Hall–Kier alpha value is -3.83. The molecule has 1 fully saturated rings. The summed E-state index contributed by atoms with van der Waals surface area (Å²) in [6.45, 7) is 3.67. The third-order valence-corrected chi connectivity index (χ3v) is 9.11. The summed E-state index contributed by atoms with van der Waals surface area (Å²) < 4.78 is 34.4. The molecule has 1 aliphatic rings. The smallest absolute Gasteiger partial charge is 0.323 e. The van der Waals surface area contributed by atoms with Crippen molar-refractivity contribution in [3.05, 3.63) is 103 Å². The fourth-order valence-electron chi connectivity index (χ4n) is 4.42. The normalized spacial score (nSPS) is 14.4. The predicted octanol–water partition coefficient (Wildman–Crippen LogP) is 4.88. The highest BCUT2D eigenvalue weighted by Gasteiger charge is 2.19. The molecule has 0 spiro atoms. The number of nitrogens with one attached hydrogen (secondary N) is 1. The van der Waals surface area contributed by atoms with Crippen molar-refractivity contribution in [3.63, 3.8) is 0 Å². The van der Waals surface area contributed by atoms with Crippen LogP contribution in [0.15, 0.2) is 68.8 Å². The van der Waals surface area contributed by atoms with Gasteiger partial charge in [-0.05, 0) is 73.7 Å². The van der Waals surface area contributed by atoms with Crippen LogP contribution < -0.4 is 16.7 Å². The number of nitrogens with zero attached hydrogens (tertiary/aromatic N) is 5. The van der Waals surface area contributed by atoms with Gasteiger partial charge in [0, 0.05) is 28.8 Å². The zero-order valence-corrected chi connectivity index (χ0v) is 22.9. The molecular weight excluding hydrogens is 543 g/mol. The summed E-state index contributed by atoms with van der Waals surface area (Å²) >= 11 is 6.21. The largest absolute Gasteiger partial charge is 0.359 e. The lowest BCUT2D eigenvalue weighted by Crippen LogP contribution is -2.42. The highest BCUT2D eigenvalue weighted by atomic mass is 35.5. The molecule has 2 aromatic carbocycles.